The van der Waals surface area contributed by atoms with E-state index < -0.39 is 0 Å². The number of benzene rings is 5. The summed E-state index contributed by atoms with van der Waals surface area (Å²) in [6.45, 7) is 10.3. The van der Waals surface area contributed by atoms with E-state index in [4.69, 9.17) is 4.98 Å². The molecule has 6 aromatic rings. The minimum Gasteiger partial charge on any atom is -0.512 e. The number of fused-ring (bicyclic) bond motifs is 4. The predicted molar refractivity (Wildman–Crippen MR) is 170 cm³/mol. The fourth-order valence-corrected chi connectivity index (χ4v) is 6.18. The number of aryl methyl sites for hydroxylation is 1. The predicted octanol–water partition coefficient (Wildman–Crippen LogP) is 10.3. The van der Waals surface area contributed by atoms with Gasteiger partial charge >= 0.3 is 0 Å². The molecule has 0 saturated carbocycles. The topological polar surface area (TPSA) is 50.2 Å². The van der Waals surface area contributed by atoms with Crippen LogP contribution in [0.2, 0.25) is 0 Å². The first kappa shape index (κ1) is 30.6. The number of ketones is 1. The van der Waals surface area contributed by atoms with Crippen LogP contribution in [0.3, 0.4) is 0 Å². The number of carbonyl (C=O) groups excluding carboxylic acids is 1. The number of aliphatic hydroxyl groups is 1. The van der Waals surface area contributed by atoms with Crippen molar-refractivity contribution >= 4 is 59.8 Å². The normalized spacial score (nSPS) is 12.0. The molecule has 0 bridgehead atoms. The van der Waals surface area contributed by atoms with Crippen LogP contribution in [0.15, 0.2) is 78.7 Å². The van der Waals surface area contributed by atoms with Crippen molar-refractivity contribution in [2.24, 2.45) is 11.8 Å². The molecular formula is C37H38IrNO2-. The van der Waals surface area contributed by atoms with E-state index >= 15 is 0 Å². The number of carbonyl (C=O) groups is 1. The largest absolute Gasteiger partial charge is 0.512 e. The molecule has 1 radical (unpaired) electrons. The van der Waals surface area contributed by atoms with Crippen molar-refractivity contribution in [2.45, 2.75) is 60.3 Å². The number of rotatable bonds is 7. The first-order chi connectivity index (χ1) is 19.4. The molecule has 1 heterocycles. The Hall–Kier alpha value is -3.33. The first-order valence-corrected chi connectivity index (χ1v) is 14.6. The maximum atomic E-state index is 11.7. The minimum atomic E-state index is 0. The summed E-state index contributed by atoms with van der Waals surface area (Å²) in [5.74, 6) is 0.547. The van der Waals surface area contributed by atoms with Crippen molar-refractivity contribution in [3.8, 4) is 0 Å². The molecule has 41 heavy (non-hydrogen) atoms. The Kier molecular flexibility index (Phi) is 9.79. The maximum Gasteiger partial charge on any atom is 0.162 e. The monoisotopic (exact) mass is 721 g/mol. The van der Waals surface area contributed by atoms with Crippen molar-refractivity contribution in [3.63, 3.8) is 0 Å². The van der Waals surface area contributed by atoms with Crippen LogP contribution in [0.1, 0.15) is 58.9 Å². The van der Waals surface area contributed by atoms with Gasteiger partial charge in [0.1, 0.15) is 0 Å². The minimum absolute atomic E-state index is 0. The smallest absolute Gasteiger partial charge is 0.162 e. The number of nitrogens with zero attached hydrogens (tertiary/aromatic N) is 1. The Morgan fingerprint density at radius 1 is 0.805 bits per heavy atom. The van der Waals surface area contributed by atoms with Gasteiger partial charge in [-0.25, -0.2) is 0 Å². The molecule has 0 aliphatic rings. The van der Waals surface area contributed by atoms with Gasteiger partial charge < -0.3 is 5.11 Å². The van der Waals surface area contributed by atoms with Gasteiger partial charge in [0.25, 0.3) is 0 Å². The SMILES string of the molecule is CCC(CC)C(=O)/C=C(\O)C(CC)CC.Cc1c2ccccc2[c-]c2c3nccc4ccc5cccc(c12)c5c43.[Ir]. The van der Waals surface area contributed by atoms with Gasteiger partial charge in [0.2, 0.25) is 0 Å². The van der Waals surface area contributed by atoms with Gasteiger partial charge in [-0.05, 0) is 58.7 Å². The quantitative estimate of drug-likeness (QED) is 0.0587. The molecule has 0 atom stereocenters. The van der Waals surface area contributed by atoms with Crippen LogP contribution >= 0.6 is 0 Å². The molecule has 0 aliphatic heterocycles. The summed E-state index contributed by atoms with van der Waals surface area (Å²) in [6, 6.07) is 25.3. The van der Waals surface area contributed by atoms with Crippen molar-refractivity contribution in [3.05, 3.63) is 90.3 Å². The molecule has 0 spiro atoms. The third-order valence-electron chi connectivity index (χ3n) is 8.58. The zero-order chi connectivity index (χ0) is 28.4. The summed E-state index contributed by atoms with van der Waals surface area (Å²) in [7, 11) is 0. The molecule has 0 fully saturated rings. The Bertz CT molecular complexity index is 1850. The molecular weight excluding hydrogens is 683 g/mol. The third-order valence-corrected chi connectivity index (χ3v) is 8.58. The molecule has 0 amide bonds. The number of hydrogen-bond donors (Lipinski definition) is 1. The average Bonchev–Trinajstić information content (AvgIpc) is 2.98. The van der Waals surface area contributed by atoms with E-state index in [1.165, 1.54) is 49.3 Å². The number of pyridine rings is 1. The van der Waals surface area contributed by atoms with E-state index in [0.717, 1.165) is 42.0 Å². The van der Waals surface area contributed by atoms with E-state index in [0.29, 0.717) is 0 Å². The summed E-state index contributed by atoms with van der Waals surface area (Å²) < 4.78 is 0. The summed E-state index contributed by atoms with van der Waals surface area (Å²) in [5.41, 5.74) is 2.37. The molecule has 0 saturated heterocycles. The average molecular weight is 721 g/mol. The fraction of sp³-hybridized carbons (Fsp3) is 0.297. The van der Waals surface area contributed by atoms with E-state index in [2.05, 4.69) is 73.7 Å². The van der Waals surface area contributed by atoms with Gasteiger partial charge in [-0.3, -0.25) is 9.78 Å². The van der Waals surface area contributed by atoms with Crippen LogP contribution < -0.4 is 0 Å². The molecule has 3 nitrogen and oxygen atoms in total. The Morgan fingerprint density at radius 3 is 2.12 bits per heavy atom. The number of hydrogen-bond acceptors (Lipinski definition) is 3. The van der Waals surface area contributed by atoms with Crippen LogP contribution in [0.4, 0.5) is 0 Å². The summed E-state index contributed by atoms with van der Waals surface area (Å²) >= 11 is 0. The van der Waals surface area contributed by atoms with Crippen LogP contribution in [0, 0.1) is 24.8 Å². The van der Waals surface area contributed by atoms with Crippen molar-refractivity contribution in [1.29, 1.82) is 0 Å². The van der Waals surface area contributed by atoms with Crippen molar-refractivity contribution in [2.75, 3.05) is 0 Å². The van der Waals surface area contributed by atoms with Crippen LogP contribution in [-0.2, 0) is 24.9 Å². The van der Waals surface area contributed by atoms with E-state index in [-0.39, 0.29) is 43.5 Å². The summed E-state index contributed by atoms with van der Waals surface area (Å²) in [4.78, 5) is 16.5. The number of aromatic nitrogens is 1. The van der Waals surface area contributed by atoms with E-state index in [1.807, 2.05) is 33.9 Å². The second-order valence-electron chi connectivity index (χ2n) is 10.8. The molecule has 0 unspecified atom stereocenters. The Morgan fingerprint density at radius 2 is 1.44 bits per heavy atom. The fourth-order valence-electron chi connectivity index (χ4n) is 6.18. The summed E-state index contributed by atoms with van der Waals surface area (Å²) in [6.07, 6.45) is 6.82. The molecule has 1 N–H and O–H groups in total. The molecule has 6 rings (SSSR count). The molecule has 4 heteroatoms. The van der Waals surface area contributed by atoms with E-state index in [9.17, 15) is 9.90 Å². The first-order valence-electron chi connectivity index (χ1n) is 14.6. The molecule has 0 aliphatic carbocycles. The van der Waals surface area contributed by atoms with Crippen molar-refractivity contribution in [1.82, 2.24) is 4.98 Å². The van der Waals surface area contributed by atoms with E-state index in [1.54, 1.807) is 0 Å². The number of allylic oxidation sites excluding steroid dienone is 2. The van der Waals surface area contributed by atoms with Crippen LogP contribution in [-0.4, -0.2) is 15.9 Å². The van der Waals surface area contributed by atoms with Gasteiger partial charge in [-0.1, -0.05) is 99.3 Å². The standard InChI is InChI=1S/C24H14N.C13H24O2.Ir/c1-14-18-7-3-2-5-17(18)13-20-21(14)19-8-4-6-15-9-10-16-11-12-25-24(20)23(16)22(15)19;1-5-10(6-2)12(14)9-13(15)11(7-3)8-4;/h2-12H,1H3;9-11,14H,5-8H2,1-4H3;/q-1;;/b;12-9-;. The van der Waals surface area contributed by atoms with Gasteiger partial charge in [0.15, 0.2) is 5.78 Å². The van der Waals surface area contributed by atoms with Crippen LogP contribution in [0.5, 0.6) is 0 Å². The molecule has 5 aromatic carbocycles. The third kappa shape index (κ3) is 5.61. The van der Waals surface area contributed by atoms with Gasteiger partial charge in [0.05, 0.1) is 5.76 Å². The zero-order valence-corrected chi connectivity index (χ0v) is 26.9. The summed E-state index contributed by atoms with van der Waals surface area (Å²) in [5, 5.41) is 21.0. The van der Waals surface area contributed by atoms with Crippen molar-refractivity contribution < 1.29 is 30.0 Å². The van der Waals surface area contributed by atoms with Gasteiger partial charge in [-0.15, -0.1) is 23.1 Å². The second kappa shape index (κ2) is 13.1. The van der Waals surface area contributed by atoms with Gasteiger partial charge in [-0.2, -0.15) is 0 Å². The molecule has 1 aromatic heterocycles. The molecule has 213 valence electrons. The van der Waals surface area contributed by atoms with Crippen LogP contribution in [0.25, 0.3) is 54.0 Å². The second-order valence-corrected chi connectivity index (χ2v) is 10.8. The zero-order valence-electron chi connectivity index (χ0n) is 24.5. The number of aliphatic hydroxyl groups excluding tert-OH is 1. The van der Waals surface area contributed by atoms with Gasteiger partial charge in [0, 0.05) is 49.7 Å². The Labute approximate surface area is 256 Å². The maximum absolute atomic E-state index is 11.7. The Balaban J connectivity index is 0.000000212.